The van der Waals surface area contributed by atoms with Crippen LogP contribution < -0.4 is 15.1 Å². The number of morpholine rings is 1. The number of rotatable bonds is 6. The third-order valence-electron chi connectivity index (χ3n) is 5.66. The highest BCUT2D eigenvalue weighted by atomic mass is 19.4. The van der Waals surface area contributed by atoms with Gasteiger partial charge < -0.3 is 23.9 Å². The van der Waals surface area contributed by atoms with Crippen LogP contribution in [0.15, 0.2) is 45.6 Å². The number of aromatic hydroxyl groups is 1. The average Bonchev–Trinajstić information content (AvgIpc) is 2.79. The zero-order chi connectivity index (χ0) is 23.6. The lowest BCUT2D eigenvalue weighted by Gasteiger charge is -2.24. The Balaban J connectivity index is 1.81. The first-order valence-electron chi connectivity index (χ1n) is 10.8. The highest BCUT2D eigenvalue weighted by Crippen LogP contribution is 2.39. The molecule has 0 amide bonds. The van der Waals surface area contributed by atoms with E-state index in [1.807, 2.05) is 6.92 Å². The van der Waals surface area contributed by atoms with Crippen molar-refractivity contribution in [1.82, 2.24) is 0 Å². The van der Waals surface area contributed by atoms with E-state index in [-0.39, 0.29) is 34.6 Å². The fourth-order valence-electron chi connectivity index (χ4n) is 3.95. The van der Waals surface area contributed by atoms with Gasteiger partial charge in [-0.15, -0.1) is 0 Å². The van der Waals surface area contributed by atoms with Crippen LogP contribution >= 0.6 is 0 Å². The Kier molecular flexibility index (Phi) is 6.62. The second kappa shape index (κ2) is 9.44. The number of ether oxygens (including phenoxy) is 2. The summed E-state index contributed by atoms with van der Waals surface area (Å²) in [6.07, 6.45) is -3.23. The molecule has 2 aromatic carbocycles. The van der Waals surface area contributed by atoms with Crippen molar-refractivity contribution in [3.8, 4) is 17.2 Å². The standard InChI is InChI=1S/C24H24F3NO5/c1-2-3-15-4-6-16(7-5-15)32-22-20(30)17-8-9-19(29)18(14-28-10-12-31-13-11-28)21(17)33-23(22)24(25,26)27/h4-9,29H,2-3,10-14H2,1H3/p+1. The quantitative estimate of drug-likeness (QED) is 0.583. The van der Waals surface area contributed by atoms with Gasteiger partial charge in [-0.1, -0.05) is 25.5 Å². The van der Waals surface area contributed by atoms with Crippen LogP contribution in [-0.4, -0.2) is 31.4 Å². The van der Waals surface area contributed by atoms with Crippen molar-refractivity contribution < 1.29 is 37.1 Å². The average molecular weight is 464 g/mol. The Bertz CT molecular complexity index is 1180. The van der Waals surface area contributed by atoms with Gasteiger partial charge in [0, 0.05) is 0 Å². The maximum Gasteiger partial charge on any atom is 0.453 e. The lowest BCUT2D eigenvalue weighted by Crippen LogP contribution is -3.12. The van der Waals surface area contributed by atoms with Crippen LogP contribution in [0.1, 0.15) is 30.2 Å². The van der Waals surface area contributed by atoms with Gasteiger partial charge in [0.15, 0.2) is 5.58 Å². The smallest absolute Gasteiger partial charge is 0.453 e. The van der Waals surface area contributed by atoms with E-state index >= 15 is 0 Å². The Morgan fingerprint density at radius 1 is 1.09 bits per heavy atom. The molecule has 33 heavy (non-hydrogen) atoms. The predicted octanol–water partition coefficient (Wildman–Crippen LogP) is 3.68. The number of hydrogen-bond donors (Lipinski definition) is 2. The first kappa shape index (κ1) is 23.1. The molecule has 0 spiro atoms. The first-order chi connectivity index (χ1) is 15.8. The molecule has 1 fully saturated rings. The van der Waals surface area contributed by atoms with Gasteiger partial charge in [0.2, 0.25) is 11.2 Å². The molecule has 1 aromatic heterocycles. The summed E-state index contributed by atoms with van der Waals surface area (Å²) < 4.78 is 57.8. The molecule has 0 aliphatic carbocycles. The minimum Gasteiger partial charge on any atom is -0.507 e. The fourth-order valence-corrected chi connectivity index (χ4v) is 3.95. The van der Waals surface area contributed by atoms with Crippen molar-refractivity contribution in [2.24, 2.45) is 0 Å². The largest absolute Gasteiger partial charge is 0.507 e. The monoisotopic (exact) mass is 464 g/mol. The van der Waals surface area contributed by atoms with E-state index in [9.17, 15) is 23.1 Å². The van der Waals surface area contributed by atoms with Gasteiger partial charge in [0.25, 0.3) is 5.76 Å². The second-order valence-electron chi connectivity index (χ2n) is 8.06. The van der Waals surface area contributed by atoms with E-state index in [1.54, 1.807) is 12.1 Å². The van der Waals surface area contributed by atoms with Gasteiger partial charge in [-0.25, -0.2) is 0 Å². The van der Waals surface area contributed by atoms with E-state index in [0.717, 1.165) is 23.3 Å². The van der Waals surface area contributed by atoms with Crippen LogP contribution in [0.5, 0.6) is 17.2 Å². The van der Waals surface area contributed by atoms with Gasteiger partial charge in [0.05, 0.1) is 24.2 Å². The third-order valence-corrected chi connectivity index (χ3v) is 5.66. The molecule has 0 bridgehead atoms. The van der Waals surface area contributed by atoms with Crippen molar-refractivity contribution in [2.45, 2.75) is 32.5 Å². The molecule has 0 atom stereocenters. The fraction of sp³-hybridized carbons (Fsp3) is 0.375. The number of hydrogen-bond acceptors (Lipinski definition) is 5. The first-order valence-corrected chi connectivity index (χ1v) is 10.8. The predicted molar refractivity (Wildman–Crippen MR) is 115 cm³/mol. The summed E-state index contributed by atoms with van der Waals surface area (Å²) in [5, 5.41) is 10.3. The summed E-state index contributed by atoms with van der Waals surface area (Å²) in [5.41, 5.74) is -0.0592. The summed E-state index contributed by atoms with van der Waals surface area (Å²) >= 11 is 0. The number of phenols is 1. The molecule has 176 valence electrons. The van der Waals surface area contributed by atoms with Gasteiger partial charge in [-0.05, 0) is 36.2 Å². The summed E-state index contributed by atoms with van der Waals surface area (Å²) in [6, 6.07) is 9.10. The SMILES string of the molecule is CCCc1ccc(Oc2c(C(F)(F)F)oc3c(C[NH+]4CCOCC4)c(O)ccc3c2=O)cc1. The molecule has 4 rings (SSSR count). The minimum atomic E-state index is -4.97. The molecule has 0 saturated carbocycles. The van der Waals surface area contributed by atoms with E-state index in [1.165, 1.54) is 24.3 Å². The van der Waals surface area contributed by atoms with Crippen molar-refractivity contribution in [3.63, 3.8) is 0 Å². The Hall–Kier alpha value is -3.04. The molecule has 0 radical (unpaired) electrons. The number of benzene rings is 2. The van der Waals surface area contributed by atoms with Crippen molar-refractivity contribution >= 4 is 11.0 Å². The van der Waals surface area contributed by atoms with Crippen LogP contribution in [0.3, 0.4) is 0 Å². The van der Waals surface area contributed by atoms with Crippen molar-refractivity contribution in [3.05, 3.63) is 63.5 Å². The maximum atomic E-state index is 13.9. The van der Waals surface area contributed by atoms with Gasteiger partial charge in [0.1, 0.15) is 31.1 Å². The van der Waals surface area contributed by atoms with E-state index in [4.69, 9.17) is 13.9 Å². The zero-order valence-corrected chi connectivity index (χ0v) is 18.1. The Morgan fingerprint density at radius 3 is 2.42 bits per heavy atom. The minimum absolute atomic E-state index is 0.0823. The molecule has 1 aliphatic heterocycles. The third kappa shape index (κ3) is 4.99. The highest BCUT2D eigenvalue weighted by molar-refractivity contribution is 5.83. The molecule has 9 heteroatoms. The van der Waals surface area contributed by atoms with Gasteiger partial charge >= 0.3 is 6.18 Å². The number of nitrogens with one attached hydrogen (secondary N) is 1. The van der Waals surface area contributed by atoms with Crippen LogP contribution in [0.4, 0.5) is 13.2 Å². The van der Waals surface area contributed by atoms with E-state index in [2.05, 4.69) is 0 Å². The van der Waals surface area contributed by atoms with Crippen molar-refractivity contribution in [2.75, 3.05) is 26.3 Å². The van der Waals surface area contributed by atoms with Crippen LogP contribution in [0.25, 0.3) is 11.0 Å². The highest BCUT2D eigenvalue weighted by Gasteiger charge is 2.41. The van der Waals surface area contributed by atoms with Gasteiger partial charge in [-0.3, -0.25) is 4.79 Å². The molecular weight excluding hydrogens is 439 g/mol. The van der Waals surface area contributed by atoms with Gasteiger partial charge in [-0.2, -0.15) is 13.2 Å². The van der Waals surface area contributed by atoms with Crippen molar-refractivity contribution in [1.29, 1.82) is 0 Å². The van der Waals surface area contributed by atoms with E-state index < -0.39 is 23.1 Å². The number of aryl methyl sites for hydroxylation is 1. The number of quaternary nitrogens is 1. The molecule has 0 unspecified atom stereocenters. The molecule has 1 saturated heterocycles. The lowest BCUT2D eigenvalue weighted by atomic mass is 10.1. The lowest BCUT2D eigenvalue weighted by molar-refractivity contribution is -0.921. The summed E-state index contributed by atoms with van der Waals surface area (Å²) in [6.45, 7) is 4.49. The number of alkyl halides is 3. The molecular formula is C24H25F3NO5+. The topological polar surface area (TPSA) is 73.3 Å². The van der Waals surface area contributed by atoms with Crippen LogP contribution in [0.2, 0.25) is 0 Å². The molecule has 1 aliphatic rings. The van der Waals surface area contributed by atoms with Crippen LogP contribution in [0, 0.1) is 0 Å². The summed E-state index contributed by atoms with van der Waals surface area (Å²) in [5.74, 6) is -2.57. The number of phenolic OH excluding ortho intramolecular Hbond substituents is 1. The second-order valence-corrected chi connectivity index (χ2v) is 8.06. The number of fused-ring (bicyclic) bond motifs is 1. The molecule has 6 nitrogen and oxygen atoms in total. The van der Waals surface area contributed by atoms with E-state index in [0.29, 0.717) is 26.3 Å². The summed E-state index contributed by atoms with van der Waals surface area (Å²) in [4.78, 5) is 14.1. The number of halogens is 3. The zero-order valence-electron chi connectivity index (χ0n) is 18.1. The molecule has 2 N–H and O–H groups in total. The summed E-state index contributed by atoms with van der Waals surface area (Å²) in [7, 11) is 0. The maximum absolute atomic E-state index is 13.9. The molecule has 3 aromatic rings. The van der Waals surface area contributed by atoms with Crippen LogP contribution in [-0.2, 0) is 23.9 Å². The Morgan fingerprint density at radius 2 is 1.79 bits per heavy atom. The molecule has 2 heterocycles. The normalized spacial score (nSPS) is 15.2. The Labute approximate surface area is 188 Å².